The summed E-state index contributed by atoms with van der Waals surface area (Å²) in [7, 11) is 4.51. The third-order valence-corrected chi connectivity index (χ3v) is 4.27. The van der Waals surface area contributed by atoms with Crippen LogP contribution in [-0.2, 0) is 0 Å². The molecule has 3 heteroatoms. The van der Waals surface area contributed by atoms with Gasteiger partial charge < -0.3 is 15.1 Å². The van der Waals surface area contributed by atoms with Gasteiger partial charge in [0.15, 0.2) is 0 Å². The lowest BCUT2D eigenvalue weighted by atomic mass is 10.1. The summed E-state index contributed by atoms with van der Waals surface area (Å²) in [4.78, 5) is 4.97. The Kier molecular flexibility index (Phi) is 7.20. The van der Waals surface area contributed by atoms with Crippen molar-refractivity contribution in [3.05, 3.63) is 0 Å². The van der Waals surface area contributed by atoms with Crippen molar-refractivity contribution >= 4 is 0 Å². The number of likely N-dealkylation sites (tertiary alicyclic amines) is 1. The molecule has 1 N–H and O–H groups in total. The summed E-state index contributed by atoms with van der Waals surface area (Å²) in [5, 5.41) is 3.65. The Morgan fingerprint density at radius 1 is 1.39 bits per heavy atom. The molecule has 1 fully saturated rings. The summed E-state index contributed by atoms with van der Waals surface area (Å²) in [5.41, 5.74) is 0. The minimum absolute atomic E-state index is 0.634. The summed E-state index contributed by atoms with van der Waals surface area (Å²) < 4.78 is 0. The van der Waals surface area contributed by atoms with Crippen molar-refractivity contribution in [3.63, 3.8) is 0 Å². The number of hydrogen-bond donors (Lipinski definition) is 1. The van der Waals surface area contributed by atoms with E-state index in [4.69, 9.17) is 0 Å². The largest absolute Gasteiger partial charge is 0.313 e. The standard InChI is InChI=1S/C15H33N3/c1-6-7-13(2)16-10-14(3)18(5)12-15-8-9-17(4)11-15/h13-16H,6-12H2,1-5H3. The number of likely N-dealkylation sites (N-methyl/N-ethyl adjacent to an activating group) is 1. The molecule has 3 nitrogen and oxygen atoms in total. The first-order valence-electron chi connectivity index (χ1n) is 7.65. The maximum absolute atomic E-state index is 3.65. The highest BCUT2D eigenvalue weighted by atomic mass is 15.2. The fourth-order valence-corrected chi connectivity index (χ4v) is 2.83. The molecule has 0 aromatic heterocycles. The van der Waals surface area contributed by atoms with Crippen LogP contribution in [0.4, 0.5) is 0 Å². The van der Waals surface area contributed by atoms with Gasteiger partial charge >= 0.3 is 0 Å². The third kappa shape index (κ3) is 5.68. The van der Waals surface area contributed by atoms with Crippen LogP contribution in [0.3, 0.4) is 0 Å². The lowest BCUT2D eigenvalue weighted by Crippen LogP contribution is -2.43. The van der Waals surface area contributed by atoms with E-state index in [0.717, 1.165) is 12.5 Å². The molecule has 0 aliphatic carbocycles. The second kappa shape index (κ2) is 8.13. The molecule has 1 aliphatic heterocycles. The Morgan fingerprint density at radius 3 is 2.67 bits per heavy atom. The fourth-order valence-electron chi connectivity index (χ4n) is 2.83. The maximum Gasteiger partial charge on any atom is 0.0189 e. The predicted octanol–water partition coefficient (Wildman–Crippen LogP) is 2.04. The molecule has 3 unspecified atom stereocenters. The van der Waals surface area contributed by atoms with Gasteiger partial charge in [0.05, 0.1) is 0 Å². The molecule has 3 atom stereocenters. The van der Waals surface area contributed by atoms with Crippen LogP contribution < -0.4 is 5.32 Å². The Labute approximate surface area is 114 Å². The molecule has 1 heterocycles. The molecule has 1 aliphatic rings. The average Bonchev–Trinajstić information content (AvgIpc) is 2.72. The van der Waals surface area contributed by atoms with Gasteiger partial charge in [0.1, 0.15) is 0 Å². The van der Waals surface area contributed by atoms with Crippen molar-refractivity contribution < 1.29 is 0 Å². The quantitative estimate of drug-likeness (QED) is 0.716. The van der Waals surface area contributed by atoms with E-state index in [2.05, 4.69) is 50.0 Å². The number of nitrogens with zero attached hydrogens (tertiary/aromatic N) is 2. The van der Waals surface area contributed by atoms with Crippen LogP contribution in [0.5, 0.6) is 0 Å². The molecule has 1 rings (SSSR count). The number of hydrogen-bond acceptors (Lipinski definition) is 3. The Balaban J connectivity index is 2.18. The second-order valence-corrected chi connectivity index (χ2v) is 6.30. The molecular formula is C15H33N3. The van der Waals surface area contributed by atoms with Gasteiger partial charge in [-0.3, -0.25) is 0 Å². The summed E-state index contributed by atoms with van der Waals surface area (Å²) in [6.45, 7) is 11.8. The molecular weight excluding hydrogens is 222 g/mol. The highest BCUT2D eigenvalue weighted by molar-refractivity contribution is 4.78. The zero-order chi connectivity index (χ0) is 13.5. The minimum Gasteiger partial charge on any atom is -0.313 e. The molecule has 0 spiro atoms. The highest BCUT2D eigenvalue weighted by Gasteiger charge is 2.22. The number of rotatable bonds is 8. The zero-order valence-corrected chi connectivity index (χ0v) is 13.1. The molecule has 108 valence electrons. The molecule has 0 radical (unpaired) electrons. The van der Waals surface area contributed by atoms with E-state index in [1.54, 1.807) is 0 Å². The van der Waals surface area contributed by atoms with E-state index in [1.807, 2.05) is 0 Å². The molecule has 0 saturated carbocycles. The first-order chi connectivity index (χ1) is 8.52. The second-order valence-electron chi connectivity index (χ2n) is 6.30. The van der Waals surface area contributed by atoms with Crippen molar-refractivity contribution in [2.45, 2.75) is 52.1 Å². The van der Waals surface area contributed by atoms with Crippen LogP contribution in [0.1, 0.15) is 40.0 Å². The normalized spacial score (nSPS) is 24.7. The summed E-state index contributed by atoms with van der Waals surface area (Å²) in [5.74, 6) is 0.871. The van der Waals surface area contributed by atoms with Crippen LogP contribution in [0.25, 0.3) is 0 Å². The van der Waals surface area contributed by atoms with E-state index in [-0.39, 0.29) is 0 Å². The van der Waals surface area contributed by atoms with Gasteiger partial charge in [-0.2, -0.15) is 0 Å². The van der Waals surface area contributed by atoms with Crippen molar-refractivity contribution in [2.75, 3.05) is 40.3 Å². The van der Waals surface area contributed by atoms with E-state index in [1.165, 1.54) is 38.9 Å². The average molecular weight is 255 g/mol. The van der Waals surface area contributed by atoms with Crippen LogP contribution in [0.15, 0.2) is 0 Å². The van der Waals surface area contributed by atoms with Crippen LogP contribution in [-0.4, -0.2) is 62.2 Å². The van der Waals surface area contributed by atoms with Crippen LogP contribution in [0, 0.1) is 5.92 Å². The van der Waals surface area contributed by atoms with Gasteiger partial charge in [-0.05, 0) is 53.2 Å². The van der Waals surface area contributed by atoms with Crippen molar-refractivity contribution in [2.24, 2.45) is 5.92 Å². The highest BCUT2D eigenvalue weighted by Crippen LogP contribution is 2.15. The molecule has 1 saturated heterocycles. The molecule has 0 aromatic carbocycles. The van der Waals surface area contributed by atoms with Crippen LogP contribution in [0.2, 0.25) is 0 Å². The number of nitrogens with one attached hydrogen (secondary N) is 1. The summed E-state index contributed by atoms with van der Waals surface area (Å²) in [6, 6.07) is 1.29. The predicted molar refractivity (Wildman–Crippen MR) is 80.1 cm³/mol. The third-order valence-electron chi connectivity index (χ3n) is 4.27. The van der Waals surface area contributed by atoms with E-state index < -0.39 is 0 Å². The smallest absolute Gasteiger partial charge is 0.0189 e. The van der Waals surface area contributed by atoms with Gasteiger partial charge in [-0.25, -0.2) is 0 Å². The van der Waals surface area contributed by atoms with Gasteiger partial charge in [-0.1, -0.05) is 13.3 Å². The van der Waals surface area contributed by atoms with Crippen molar-refractivity contribution in [1.29, 1.82) is 0 Å². The zero-order valence-electron chi connectivity index (χ0n) is 13.1. The minimum atomic E-state index is 0.634. The fraction of sp³-hybridized carbons (Fsp3) is 1.00. The van der Waals surface area contributed by atoms with Crippen LogP contribution >= 0.6 is 0 Å². The van der Waals surface area contributed by atoms with Gasteiger partial charge in [0.2, 0.25) is 0 Å². The molecule has 0 amide bonds. The molecule has 0 aromatic rings. The van der Waals surface area contributed by atoms with E-state index in [9.17, 15) is 0 Å². The Hall–Kier alpha value is -0.120. The van der Waals surface area contributed by atoms with Gasteiger partial charge in [0.25, 0.3) is 0 Å². The lowest BCUT2D eigenvalue weighted by Gasteiger charge is -2.28. The summed E-state index contributed by atoms with van der Waals surface area (Å²) >= 11 is 0. The lowest BCUT2D eigenvalue weighted by molar-refractivity contribution is 0.210. The maximum atomic E-state index is 3.65. The van der Waals surface area contributed by atoms with E-state index in [0.29, 0.717) is 12.1 Å². The first kappa shape index (κ1) is 15.9. The monoisotopic (exact) mass is 255 g/mol. The molecule has 0 bridgehead atoms. The topological polar surface area (TPSA) is 18.5 Å². The Bertz CT molecular complexity index is 220. The van der Waals surface area contributed by atoms with Gasteiger partial charge in [0, 0.05) is 31.7 Å². The Morgan fingerprint density at radius 2 is 2.11 bits per heavy atom. The van der Waals surface area contributed by atoms with Crippen molar-refractivity contribution in [3.8, 4) is 0 Å². The summed E-state index contributed by atoms with van der Waals surface area (Å²) in [6.07, 6.45) is 3.92. The van der Waals surface area contributed by atoms with Gasteiger partial charge in [-0.15, -0.1) is 0 Å². The first-order valence-corrected chi connectivity index (χ1v) is 7.65. The SMILES string of the molecule is CCCC(C)NCC(C)N(C)CC1CCN(C)C1. The van der Waals surface area contributed by atoms with Crippen molar-refractivity contribution in [1.82, 2.24) is 15.1 Å². The molecule has 18 heavy (non-hydrogen) atoms. The van der Waals surface area contributed by atoms with E-state index >= 15 is 0 Å².